The summed E-state index contributed by atoms with van der Waals surface area (Å²) in [6.07, 6.45) is 1.01. The fourth-order valence-electron chi connectivity index (χ4n) is 0.452. The van der Waals surface area contributed by atoms with Crippen molar-refractivity contribution >= 4 is 30.7 Å². The highest BCUT2D eigenvalue weighted by Gasteiger charge is 2.03. The fourth-order valence-corrected chi connectivity index (χ4v) is 0.452. The minimum Gasteiger partial charge on any atom is -0.356 e. The van der Waals surface area contributed by atoms with E-state index in [1.807, 2.05) is 20.8 Å². The third kappa shape index (κ3) is 10.1. The summed E-state index contributed by atoms with van der Waals surface area (Å²) >= 11 is 0. The molecule has 0 unspecified atom stereocenters. The van der Waals surface area contributed by atoms with Crippen LogP contribution in [-0.4, -0.2) is 12.5 Å². The van der Waals surface area contributed by atoms with Crippen molar-refractivity contribution in [1.82, 2.24) is 5.32 Å². The molecule has 0 aromatic heterocycles. The highest BCUT2D eigenvalue weighted by atomic mass is 35.5. The molecule has 0 rings (SSSR count). The van der Waals surface area contributed by atoms with Gasteiger partial charge in [0.05, 0.1) is 0 Å². The molecule has 0 radical (unpaired) electrons. The van der Waals surface area contributed by atoms with Crippen molar-refractivity contribution in [2.24, 2.45) is 5.92 Å². The van der Waals surface area contributed by atoms with Crippen LogP contribution >= 0.6 is 24.8 Å². The van der Waals surface area contributed by atoms with Crippen LogP contribution in [0, 0.1) is 5.92 Å². The van der Waals surface area contributed by atoms with E-state index >= 15 is 0 Å². The lowest BCUT2D eigenvalue weighted by Gasteiger charge is -2.04. The molecule has 0 aromatic rings. The van der Waals surface area contributed by atoms with Gasteiger partial charge in [0.25, 0.3) is 0 Å². The average Bonchev–Trinajstić information content (AvgIpc) is 1.82. The van der Waals surface area contributed by atoms with E-state index in [0.717, 1.165) is 13.0 Å². The van der Waals surface area contributed by atoms with E-state index < -0.39 is 0 Å². The van der Waals surface area contributed by atoms with Gasteiger partial charge in [0.15, 0.2) is 0 Å². The van der Waals surface area contributed by atoms with Gasteiger partial charge in [-0.25, -0.2) is 0 Å². The quantitative estimate of drug-likeness (QED) is 0.745. The summed E-state index contributed by atoms with van der Waals surface area (Å²) in [5.41, 5.74) is 0. The number of rotatable bonds is 3. The molecule has 0 saturated carbocycles. The molecule has 0 aliphatic carbocycles. The van der Waals surface area contributed by atoms with Crippen molar-refractivity contribution in [1.29, 1.82) is 0 Å². The van der Waals surface area contributed by atoms with Crippen LogP contribution in [0.4, 0.5) is 0 Å². The largest absolute Gasteiger partial charge is 0.356 e. The van der Waals surface area contributed by atoms with Crippen molar-refractivity contribution < 1.29 is 4.79 Å². The molecule has 70 valence electrons. The van der Waals surface area contributed by atoms with Gasteiger partial charge in [-0.1, -0.05) is 20.8 Å². The maximum absolute atomic E-state index is 10.8. The molecule has 0 heterocycles. The van der Waals surface area contributed by atoms with E-state index in [1.54, 1.807) is 0 Å². The van der Waals surface area contributed by atoms with Crippen LogP contribution in [0.15, 0.2) is 0 Å². The van der Waals surface area contributed by atoms with E-state index in [2.05, 4.69) is 5.32 Å². The van der Waals surface area contributed by atoms with Crippen molar-refractivity contribution in [3.8, 4) is 0 Å². The summed E-state index contributed by atoms with van der Waals surface area (Å²) in [5, 5.41) is 2.79. The zero-order chi connectivity index (χ0) is 7.28. The molecule has 0 bridgehead atoms. The maximum Gasteiger partial charge on any atom is 0.222 e. The van der Waals surface area contributed by atoms with Gasteiger partial charge >= 0.3 is 0 Å². The topological polar surface area (TPSA) is 29.1 Å². The van der Waals surface area contributed by atoms with Gasteiger partial charge in [-0.2, -0.15) is 0 Å². The van der Waals surface area contributed by atoms with Gasteiger partial charge in [0.2, 0.25) is 5.91 Å². The van der Waals surface area contributed by atoms with Gasteiger partial charge in [-0.15, -0.1) is 24.8 Å². The molecular weight excluding hydrogens is 185 g/mol. The summed E-state index contributed by atoms with van der Waals surface area (Å²) in [4.78, 5) is 10.8. The smallest absolute Gasteiger partial charge is 0.222 e. The zero-order valence-electron chi connectivity index (χ0n) is 7.22. The number of nitrogens with one attached hydrogen (secondary N) is 1. The van der Waals surface area contributed by atoms with Crippen LogP contribution in [0.1, 0.15) is 27.2 Å². The fraction of sp³-hybridized carbons (Fsp3) is 0.857. The highest BCUT2D eigenvalue weighted by Crippen LogP contribution is 1.89. The molecule has 1 amide bonds. The highest BCUT2D eigenvalue weighted by molar-refractivity contribution is 5.85. The third-order valence-electron chi connectivity index (χ3n) is 1.07. The Labute approximate surface area is 80.9 Å². The van der Waals surface area contributed by atoms with Gasteiger partial charge in [0.1, 0.15) is 0 Å². The molecule has 0 saturated heterocycles. The minimum absolute atomic E-state index is 0. The summed E-state index contributed by atoms with van der Waals surface area (Å²) < 4.78 is 0. The van der Waals surface area contributed by atoms with Crippen molar-refractivity contribution in [2.45, 2.75) is 27.2 Å². The molecule has 0 aromatic carbocycles. The number of hydrogen-bond donors (Lipinski definition) is 1. The zero-order valence-corrected chi connectivity index (χ0v) is 8.85. The van der Waals surface area contributed by atoms with Crippen LogP contribution in [-0.2, 0) is 4.79 Å². The predicted octanol–water partition coefficient (Wildman–Crippen LogP) is 2.01. The lowest BCUT2D eigenvalue weighted by molar-refractivity contribution is -0.123. The van der Waals surface area contributed by atoms with Crippen LogP contribution < -0.4 is 5.32 Å². The van der Waals surface area contributed by atoms with E-state index in [-0.39, 0.29) is 36.6 Å². The van der Waals surface area contributed by atoms with Gasteiger partial charge in [-0.3, -0.25) is 4.79 Å². The first-order chi connectivity index (χ1) is 4.18. The number of halogens is 2. The van der Waals surface area contributed by atoms with Crippen molar-refractivity contribution in [3.63, 3.8) is 0 Å². The molecule has 0 spiro atoms. The average molecular weight is 202 g/mol. The lowest BCUT2D eigenvalue weighted by Crippen LogP contribution is -2.28. The second-order valence-electron chi connectivity index (χ2n) is 2.45. The first kappa shape index (κ1) is 17.2. The second kappa shape index (κ2) is 10.0. The maximum atomic E-state index is 10.8. The summed E-state index contributed by atoms with van der Waals surface area (Å²) in [6.45, 7) is 6.63. The summed E-state index contributed by atoms with van der Waals surface area (Å²) in [6, 6.07) is 0. The Morgan fingerprint density at radius 2 is 1.82 bits per heavy atom. The molecule has 2 nitrogen and oxygen atoms in total. The summed E-state index contributed by atoms with van der Waals surface area (Å²) in [5.74, 6) is 0.272. The number of carbonyl (C=O) groups excluding carboxylic acids is 1. The molecule has 1 N–H and O–H groups in total. The van der Waals surface area contributed by atoms with Crippen LogP contribution in [0.5, 0.6) is 0 Å². The van der Waals surface area contributed by atoms with E-state index in [0.29, 0.717) is 0 Å². The summed E-state index contributed by atoms with van der Waals surface area (Å²) in [7, 11) is 0. The number of carbonyl (C=O) groups is 1. The molecule has 0 aliphatic heterocycles. The van der Waals surface area contributed by atoms with Gasteiger partial charge < -0.3 is 5.32 Å². The number of amides is 1. The molecule has 0 aliphatic rings. The minimum atomic E-state index is 0. The first-order valence-corrected chi connectivity index (χ1v) is 3.46. The van der Waals surface area contributed by atoms with Crippen LogP contribution in [0.2, 0.25) is 0 Å². The SMILES string of the molecule is CCCNC(=O)C(C)C.Cl.Cl. The van der Waals surface area contributed by atoms with E-state index in [4.69, 9.17) is 0 Å². The van der Waals surface area contributed by atoms with Gasteiger partial charge in [0, 0.05) is 12.5 Å². The van der Waals surface area contributed by atoms with Crippen LogP contribution in [0.25, 0.3) is 0 Å². The standard InChI is InChI=1S/C7H15NO.2ClH/c1-4-5-8-7(9)6(2)3;;/h6H,4-5H2,1-3H3,(H,8,9);2*1H. The normalized spacial score (nSPS) is 8.00. The lowest BCUT2D eigenvalue weighted by atomic mass is 10.2. The first-order valence-electron chi connectivity index (χ1n) is 3.46. The van der Waals surface area contributed by atoms with Crippen LogP contribution in [0.3, 0.4) is 0 Å². The Morgan fingerprint density at radius 1 is 1.36 bits per heavy atom. The molecule has 0 atom stereocenters. The van der Waals surface area contributed by atoms with E-state index in [9.17, 15) is 4.79 Å². The molecule has 0 fully saturated rings. The Balaban J connectivity index is -0.000000320. The predicted molar refractivity (Wildman–Crippen MR) is 52.6 cm³/mol. The van der Waals surface area contributed by atoms with Crippen molar-refractivity contribution in [3.05, 3.63) is 0 Å². The molecule has 4 heteroatoms. The van der Waals surface area contributed by atoms with Gasteiger partial charge in [-0.05, 0) is 6.42 Å². The Morgan fingerprint density at radius 3 is 2.09 bits per heavy atom. The second-order valence-corrected chi connectivity index (χ2v) is 2.45. The Bertz CT molecular complexity index is 96.4. The number of hydrogen-bond acceptors (Lipinski definition) is 1. The van der Waals surface area contributed by atoms with E-state index in [1.165, 1.54) is 0 Å². The monoisotopic (exact) mass is 201 g/mol. The molecule has 11 heavy (non-hydrogen) atoms. The van der Waals surface area contributed by atoms with Crippen molar-refractivity contribution in [2.75, 3.05) is 6.54 Å². The Kier molecular flexibility index (Phi) is 15.7. The Hall–Kier alpha value is 0.0500. The third-order valence-corrected chi connectivity index (χ3v) is 1.07. The molecular formula is C7H17Cl2NO.